The Kier molecular flexibility index (Phi) is 5.48. The third-order valence-electron chi connectivity index (χ3n) is 3.84. The molecular formula is C18H19NO3S2. The van der Waals surface area contributed by atoms with Crippen LogP contribution in [-0.2, 0) is 9.53 Å². The minimum absolute atomic E-state index is 0.0135. The van der Waals surface area contributed by atoms with E-state index in [0.717, 1.165) is 24.1 Å². The van der Waals surface area contributed by atoms with Gasteiger partial charge in [-0.2, -0.15) is 0 Å². The van der Waals surface area contributed by atoms with Gasteiger partial charge in [-0.05, 0) is 25.0 Å². The van der Waals surface area contributed by atoms with Crippen molar-refractivity contribution in [3.05, 3.63) is 35.2 Å². The van der Waals surface area contributed by atoms with Crippen molar-refractivity contribution in [2.24, 2.45) is 0 Å². The molecule has 0 aliphatic carbocycles. The summed E-state index contributed by atoms with van der Waals surface area (Å²) in [6, 6.07) is 10.3. The van der Waals surface area contributed by atoms with Gasteiger partial charge in [0.25, 0.3) is 5.91 Å². The summed E-state index contributed by atoms with van der Waals surface area (Å²) in [5.41, 5.74) is 0. The van der Waals surface area contributed by atoms with E-state index in [1.165, 1.54) is 26.6 Å². The van der Waals surface area contributed by atoms with Crippen molar-refractivity contribution in [2.75, 3.05) is 13.7 Å². The smallest absolute Gasteiger partial charge is 0.305 e. The number of methoxy groups -OCH3 is 1. The summed E-state index contributed by atoms with van der Waals surface area (Å²) in [5, 5.41) is 4.19. The van der Waals surface area contributed by atoms with Gasteiger partial charge in [0, 0.05) is 27.8 Å². The summed E-state index contributed by atoms with van der Waals surface area (Å²) in [4.78, 5) is 24.0. The zero-order valence-electron chi connectivity index (χ0n) is 13.5. The van der Waals surface area contributed by atoms with Crippen molar-refractivity contribution >= 4 is 54.0 Å². The first-order valence-corrected chi connectivity index (χ1v) is 9.58. The second kappa shape index (κ2) is 7.77. The van der Waals surface area contributed by atoms with Crippen molar-refractivity contribution in [1.82, 2.24) is 5.32 Å². The minimum atomic E-state index is -0.176. The highest BCUT2D eigenvalue weighted by atomic mass is 32.1. The average Bonchev–Trinajstić information content (AvgIpc) is 3.15. The standard InChI is InChI=1S/C18H19NO3S2/c1-22-16(20)9-3-2-6-10-19-18(21)15-11-14-17(24-15)12-7-4-5-8-13(12)23-14/h4-5,7-8,11H,2-3,6,9-10H2,1H3,(H,19,21). The fraction of sp³-hybridized carbons (Fsp3) is 0.333. The first-order valence-electron chi connectivity index (χ1n) is 7.95. The van der Waals surface area contributed by atoms with Crippen LogP contribution in [0.4, 0.5) is 0 Å². The van der Waals surface area contributed by atoms with Crippen molar-refractivity contribution in [2.45, 2.75) is 25.7 Å². The van der Waals surface area contributed by atoms with Crippen LogP contribution in [0.5, 0.6) is 0 Å². The van der Waals surface area contributed by atoms with Crippen LogP contribution in [0.3, 0.4) is 0 Å². The molecule has 1 N–H and O–H groups in total. The first-order chi connectivity index (χ1) is 11.7. The molecule has 0 atom stereocenters. The van der Waals surface area contributed by atoms with E-state index < -0.39 is 0 Å². The largest absolute Gasteiger partial charge is 0.469 e. The lowest BCUT2D eigenvalue weighted by atomic mass is 10.2. The predicted octanol–water partition coefficient (Wildman–Crippen LogP) is 4.58. The molecule has 4 nitrogen and oxygen atoms in total. The Balaban J connectivity index is 1.52. The van der Waals surface area contributed by atoms with E-state index in [-0.39, 0.29) is 11.9 Å². The second-order valence-electron chi connectivity index (χ2n) is 5.54. The number of hydrogen-bond donors (Lipinski definition) is 1. The van der Waals surface area contributed by atoms with Gasteiger partial charge >= 0.3 is 5.97 Å². The van der Waals surface area contributed by atoms with Gasteiger partial charge in [-0.3, -0.25) is 9.59 Å². The van der Waals surface area contributed by atoms with Gasteiger partial charge in [0.2, 0.25) is 0 Å². The Morgan fingerprint density at radius 1 is 1.08 bits per heavy atom. The molecule has 0 unspecified atom stereocenters. The number of unbranched alkanes of at least 4 members (excludes halogenated alkanes) is 2. The van der Waals surface area contributed by atoms with Gasteiger partial charge < -0.3 is 10.1 Å². The summed E-state index contributed by atoms with van der Waals surface area (Å²) in [5.74, 6) is -0.189. The van der Waals surface area contributed by atoms with Crippen molar-refractivity contribution < 1.29 is 14.3 Å². The molecule has 24 heavy (non-hydrogen) atoms. The maximum absolute atomic E-state index is 12.3. The lowest BCUT2D eigenvalue weighted by Crippen LogP contribution is -2.23. The number of fused-ring (bicyclic) bond motifs is 3. The Bertz CT molecular complexity index is 866. The Morgan fingerprint density at radius 2 is 1.92 bits per heavy atom. The molecule has 0 saturated heterocycles. The van der Waals surface area contributed by atoms with Crippen molar-refractivity contribution in [3.8, 4) is 0 Å². The zero-order valence-corrected chi connectivity index (χ0v) is 15.1. The van der Waals surface area contributed by atoms with Gasteiger partial charge in [-0.25, -0.2) is 0 Å². The van der Waals surface area contributed by atoms with Crippen molar-refractivity contribution in [3.63, 3.8) is 0 Å². The number of hydrogen-bond acceptors (Lipinski definition) is 5. The van der Waals surface area contributed by atoms with E-state index in [1.807, 2.05) is 18.2 Å². The summed E-state index contributed by atoms with van der Waals surface area (Å²) in [6.45, 7) is 0.631. The molecule has 0 saturated carbocycles. The topological polar surface area (TPSA) is 55.4 Å². The third kappa shape index (κ3) is 3.76. The Labute approximate surface area is 148 Å². The fourth-order valence-electron chi connectivity index (χ4n) is 2.57. The molecule has 0 fully saturated rings. The van der Waals surface area contributed by atoms with Crippen LogP contribution in [0, 0.1) is 0 Å². The van der Waals surface area contributed by atoms with Crippen LogP contribution in [-0.4, -0.2) is 25.5 Å². The number of rotatable bonds is 7. The van der Waals surface area contributed by atoms with Crippen LogP contribution in [0.15, 0.2) is 30.3 Å². The number of carbonyl (C=O) groups is 2. The van der Waals surface area contributed by atoms with Crippen LogP contribution < -0.4 is 5.32 Å². The van der Waals surface area contributed by atoms with Gasteiger partial charge in [0.05, 0.1) is 16.7 Å². The normalized spacial score (nSPS) is 11.0. The van der Waals surface area contributed by atoms with E-state index in [2.05, 4.69) is 22.2 Å². The lowest BCUT2D eigenvalue weighted by Gasteiger charge is -2.03. The monoisotopic (exact) mass is 361 g/mol. The highest BCUT2D eigenvalue weighted by molar-refractivity contribution is 7.33. The zero-order chi connectivity index (χ0) is 16.9. The quantitative estimate of drug-likeness (QED) is 0.495. The number of nitrogens with one attached hydrogen (secondary N) is 1. The third-order valence-corrected chi connectivity index (χ3v) is 6.26. The number of ether oxygens (including phenoxy) is 1. The molecule has 0 radical (unpaired) electrons. The number of benzene rings is 1. The molecule has 0 bridgehead atoms. The SMILES string of the molecule is COC(=O)CCCCCNC(=O)c1cc2sc3ccccc3c2s1. The minimum Gasteiger partial charge on any atom is -0.469 e. The van der Waals surface area contributed by atoms with E-state index in [0.29, 0.717) is 13.0 Å². The molecule has 0 aliphatic rings. The van der Waals surface area contributed by atoms with Gasteiger partial charge in [0.1, 0.15) is 0 Å². The number of amides is 1. The molecule has 126 valence electrons. The first kappa shape index (κ1) is 16.9. The van der Waals surface area contributed by atoms with E-state index in [4.69, 9.17) is 0 Å². The molecule has 0 aliphatic heterocycles. The van der Waals surface area contributed by atoms with Crippen LogP contribution >= 0.6 is 22.7 Å². The molecule has 1 aromatic carbocycles. The van der Waals surface area contributed by atoms with E-state index in [9.17, 15) is 9.59 Å². The summed E-state index contributed by atoms with van der Waals surface area (Å²) in [6.07, 6.45) is 3.01. The van der Waals surface area contributed by atoms with E-state index in [1.54, 1.807) is 22.7 Å². The molecule has 3 aromatic rings. The number of carbonyl (C=O) groups excluding carboxylic acids is 2. The van der Waals surface area contributed by atoms with Gasteiger partial charge in [-0.1, -0.05) is 24.6 Å². The molecule has 3 rings (SSSR count). The molecule has 6 heteroatoms. The van der Waals surface area contributed by atoms with Crippen LogP contribution in [0.1, 0.15) is 35.4 Å². The number of thiophene rings is 2. The maximum atomic E-state index is 12.3. The van der Waals surface area contributed by atoms with Crippen LogP contribution in [0.2, 0.25) is 0 Å². The number of esters is 1. The van der Waals surface area contributed by atoms with Gasteiger partial charge in [0.15, 0.2) is 0 Å². The molecule has 0 spiro atoms. The predicted molar refractivity (Wildman–Crippen MR) is 100 cm³/mol. The molecular weight excluding hydrogens is 342 g/mol. The average molecular weight is 361 g/mol. The maximum Gasteiger partial charge on any atom is 0.305 e. The highest BCUT2D eigenvalue weighted by Crippen LogP contribution is 2.39. The highest BCUT2D eigenvalue weighted by Gasteiger charge is 2.13. The second-order valence-corrected chi connectivity index (χ2v) is 7.68. The van der Waals surface area contributed by atoms with E-state index >= 15 is 0 Å². The molecule has 2 aromatic heterocycles. The summed E-state index contributed by atoms with van der Waals surface area (Å²) >= 11 is 3.28. The Morgan fingerprint density at radius 3 is 2.75 bits per heavy atom. The fourth-order valence-corrected chi connectivity index (χ4v) is 5.01. The van der Waals surface area contributed by atoms with Crippen LogP contribution in [0.25, 0.3) is 19.5 Å². The summed E-state index contributed by atoms with van der Waals surface area (Å²) in [7, 11) is 1.40. The molecule has 1 amide bonds. The van der Waals surface area contributed by atoms with Crippen molar-refractivity contribution in [1.29, 1.82) is 0 Å². The Hall–Kier alpha value is -1.92. The lowest BCUT2D eigenvalue weighted by molar-refractivity contribution is -0.140. The molecule has 2 heterocycles. The van der Waals surface area contributed by atoms with Gasteiger partial charge in [-0.15, -0.1) is 22.7 Å². The summed E-state index contributed by atoms with van der Waals surface area (Å²) < 4.78 is 8.22.